The van der Waals surface area contributed by atoms with Crippen molar-refractivity contribution in [1.82, 2.24) is 9.97 Å². The van der Waals surface area contributed by atoms with E-state index in [-0.39, 0.29) is 23.5 Å². The topological polar surface area (TPSA) is 114 Å². The third-order valence-corrected chi connectivity index (χ3v) is 6.21. The average Bonchev–Trinajstić information content (AvgIpc) is 2.90. The molecule has 2 N–H and O–H groups in total. The number of carboxylic acid groups (broad SMARTS) is 1. The quantitative estimate of drug-likeness (QED) is 0.417. The van der Waals surface area contributed by atoms with Gasteiger partial charge in [0.05, 0.1) is 31.1 Å². The maximum Gasteiger partial charge on any atom is 0.335 e. The highest BCUT2D eigenvalue weighted by atomic mass is 16.5. The molecular weight excluding hydrogens is 472 g/mol. The molecule has 1 amide bonds. The number of carbonyl (C=O) groups is 2. The van der Waals surface area contributed by atoms with Crippen molar-refractivity contribution in [3.63, 3.8) is 0 Å². The van der Waals surface area contributed by atoms with E-state index in [0.717, 1.165) is 36.4 Å². The number of aromatic carboxylic acids is 1. The normalized spacial score (nSPS) is 16.1. The predicted molar refractivity (Wildman–Crippen MR) is 140 cm³/mol. The predicted octanol–water partition coefficient (Wildman–Crippen LogP) is 4.44. The van der Waals surface area contributed by atoms with Gasteiger partial charge in [-0.3, -0.25) is 9.78 Å². The number of para-hydroxylation sites is 2. The van der Waals surface area contributed by atoms with Crippen LogP contribution in [0.4, 0.5) is 11.6 Å². The summed E-state index contributed by atoms with van der Waals surface area (Å²) >= 11 is 0. The highest BCUT2D eigenvalue weighted by Gasteiger charge is 2.24. The maximum atomic E-state index is 12.8. The van der Waals surface area contributed by atoms with Crippen molar-refractivity contribution in [2.75, 3.05) is 29.9 Å². The van der Waals surface area contributed by atoms with Crippen LogP contribution in [0.3, 0.4) is 0 Å². The zero-order valence-electron chi connectivity index (χ0n) is 21.1. The summed E-state index contributed by atoms with van der Waals surface area (Å²) in [7, 11) is 0. The van der Waals surface area contributed by atoms with Gasteiger partial charge in [-0.05, 0) is 56.0 Å². The number of ether oxygens (including phenoxy) is 2. The lowest BCUT2D eigenvalue weighted by Gasteiger charge is -2.33. The number of carboxylic acids is 1. The van der Waals surface area contributed by atoms with Crippen LogP contribution in [0.1, 0.15) is 42.6 Å². The number of amides is 1. The van der Waals surface area contributed by atoms with Gasteiger partial charge in [0.15, 0.2) is 17.3 Å². The Kier molecular flexibility index (Phi) is 8.56. The van der Waals surface area contributed by atoms with Crippen LogP contribution in [0.25, 0.3) is 0 Å². The molecule has 1 aliphatic rings. The number of aromatic nitrogens is 2. The average molecular weight is 505 g/mol. The molecule has 2 unspecified atom stereocenters. The first-order chi connectivity index (χ1) is 17.9. The summed E-state index contributed by atoms with van der Waals surface area (Å²) in [4.78, 5) is 34.9. The van der Waals surface area contributed by atoms with Crippen LogP contribution in [0.15, 0.2) is 60.9 Å². The monoisotopic (exact) mass is 504 g/mol. The van der Waals surface area contributed by atoms with Crippen molar-refractivity contribution < 1.29 is 24.2 Å². The molecule has 0 radical (unpaired) electrons. The first-order valence-corrected chi connectivity index (χ1v) is 12.5. The molecule has 194 valence electrons. The number of anilines is 2. The van der Waals surface area contributed by atoms with Gasteiger partial charge in [0.1, 0.15) is 11.9 Å². The highest BCUT2D eigenvalue weighted by molar-refractivity contribution is 5.91. The lowest BCUT2D eigenvalue weighted by atomic mass is 9.99. The molecule has 9 nitrogen and oxygen atoms in total. The summed E-state index contributed by atoms with van der Waals surface area (Å²) in [6.07, 6.45) is 5.55. The van der Waals surface area contributed by atoms with Gasteiger partial charge in [-0.1, -0.05) is 31.2 Å². The van der Waals surface area contributed by atoms with Crippen molar-refractivity contribution in [3.8, 4) is 11.5 Å². The van der Waals surface area contributed by atoms with Gasteiger partial charge in [-0.2, -0.15) is 0 Å². The molecule has 2 heterocycles. The van der Waals surface area contributed by atoms with Gasteiger partial charge in [0.25, 0.3) is 0 Å². The number of carbonyl (C=O) groups excluding carboxylic acids is 1. The summed E-state index contributed by atoms with van der Waals surface area (Å²) in [6.45, 7) is 5.81. The Hall–Kier alpha value is -4.14. The molecule has 37 heavy (non-hydrogen) atoms. The standard InChI is InChI=1S/C28H32N4O5/c1-3-36-23-8-4-5-9-24(23)37-22-7-6-14-32(18-22)26-17-29-16-25(30-26)31-27(33)19(2)15-20-10-12-21(13-11-20)28(34)35/h4-5,8-13,16-17,19,22H,3,6-7,14-15,18H2,1-2H3,(H,34,35)(H,30,31,33). The van der Waals surface area contributed by atoms with E-state index >= 15 is 0 Å². The van der Waals surface area contributed by atoms with Crippen LogP contribution in [0.5, 0.6) is 11.5 Å². The van der Waals surface area contributed by atoms with Crippen LogP contribution in [0.2, 0.25) is 0 Å². The van der Waals surface area contributed by atoms with Gasteiger partial charge < -0.3 is 24.8 Å². The first-order valence-electron chi connectivity index (χ1n) is 12.5. The largest absolute Gasteiger partial charge is 0.490 e. The Morgan fingerprint density at radius 1 is 1.14 bits per heavy atom. The molecule has 0 aliphatic carbocycles. The summed E-state index contributed by atoms with van der Waals surface area (Å²) < 4.78 is 12.0. The van der Waals surface area contributed by atoms with E-state index in [1.165, 1.54) is 6.20 Å². The maximum absolute atomic E-state index is 12.8. The minimum Gasteiger partial charge on any atom is -0.490 e. The number of nitrogens with one attached hydrogen (secondary N) is 1. The molecule has 3 aromatic rings. The van der Waals surface area contributed by atoms with Crippen LogP contribution < -0.4 is 19.7 Å². The molecular formula is C28H32N4O5. The fourth-order valence-corrected chi connectivity index (χ4v) is 4.29. The summed E-state index contributed by atoms with van der Waals surface area (Å²) in [5.74, 6) is 1.05. The lowest BCUT2D eigenvalue weighted by molar-refractivity contribution is -0.119. The van der Waals surface area contributed by atoms with Crippen LogP contribution in [-0.2, 0) is 11.2 Å². The number of hydrogen-bond acceptors (Lipinski definition) is 7. The Morgan fingerprint density at radius 3 is 2.62 bits per heavy atom. The van der Waals surface area contributed by atoms with Crippen molar-refractivity contribution in [2.24, 2.45) is 5.92 Å². The minimum atomic E-state index is -0.974. The van der Waals surface area contributed by atoms with E-state index < -0.39 is 5.97 Å². The molecule has 0 spiro atoms. The number of piperidine rings is 1. The van der Waals surface area contributed by atoms with E-state index in [2.05, 4.69) is 20.2 Å². The number of rotatable bonds is 10. The smallest absolute Gasteiger partial charge is 0.335 e. The molecule has 4 rings (SSSR count). The number of nitrogens with zero attached hydrogens (tertiary/aromatic N) is 3. The first kappa shape index (κ1) is 25.9. The Balaban J connectivity index is 1.36. The molecule has 0 bridgehead atoms. The fourth-order valence-electron chi connectivity index (χ4n) is 4.29. The zero-order chi connectivity index (χ0) is 26.2. The molecule has 1 aromatic heterocycles. The summed E-state index contributed by atoms with van der Waals surface area (Å²) in [6, 6.07) is 14.2. The molecule has 2 aromatic carbocycles. The zero-order valence-corrected chi connectivity index (χ0v) is 21.1. The molecule has 1 fully saturated rings. The third-order valence-electron chi connectivity index (χ3n) is 6.21. The fraction of sp³-hybridized carbons (Fsp3) is 0.357. The van der Waals surface area contributed by atoms with Crippen molar-refractivity contribution in [1.29, 1.82) is 0 Å². The van der Waals surface area contributed by atoms with Gasteiger partial charge in [-0.15, -0.1) is 0 Å². The van der Waals surface area contributed by atoms with E-state index in [1.54, 1.807) is 30.5 Å². The highest BCUT2D eigenvalue weighted by Crippen LogP contribution is 2.30. The van der Waals surface area contributed by atoms with Crippen LogP contribution >= 0.6 is 0 Å². The van der Waals surface area contributed by atoms with E-state index in [4.69, 9.17) is 14.6 Å². The van der Waals surface area contributed by atoms with E-state index in [1.807, 2.05) is 38.1 Å². The summed E-state index contributed by atoms with van der Waals surface area (Å²) in [5, 5.41) is 11.9. The molecule has 1 saturated heterocycles. The second kappa shape index (κ2) is 12.2. The summed E-state index contributed by atoms with van der Waals surface area (Å²) in [5.41, 5.74) is 1.11. The van der Waals surface area contributed by atoms with Gasteiger partial charge in [-0.25, -0.2) is 9.78 Å². The third kappa shape index (κ3) is 6.97. The second-order valence-corrected chi connectivity index (χ2v) is 9.07. The Bertz CT molecular complexity index is 1220. The molecule has 1 aliphatic heterocycles. The molecule has 2 atom stereocenters. The Labute approximate surface area is 216 Å². The van der Waals surface area contributed by atoms with E-state index in [9.17, 15) is 9.59 Å². The van der Waals surface area contributed by atoms with E-state index in [0.29, 0.717) is 31.2 Å². The van der Waals surface area contributed by atoms with Crippen LogP contribution in [0, 0.1) is 5.92 Å². The molecule has 0 saturated carbocycles. The van der Waals surface area contributed by atoms with Gasteiger partial charge in [0, 0.05) is 12.5 Å². The van der Waals surface area contributed by atoms with Gasteiger partial charge >= 0.3 is 5.97 Å². The SMILES string of the molecule is CCOc1ccccc1OC1CCCN(c2cncc(NC(=O)C(C)Cc3ccc(C(=O)O)cc3)n2)C1. The minimum absolute atomic E-state index is 0.0251. The number of hydrogen-bond donors (Lipinski definition) is 2. The lowest BCUT2D eigenvalue weighted by Crippen LogP contribution is -2.41. The Morgan fingerprint density at radius 2 is 1.89 bits per heavy atom. The molecule has 9 heteroatoms. The van der Waals surface area contributed by atoms with Crippen molar-refractivity contribution in [2.45, 2.75) is 39.2 Å². The number of benzene rings is 2. The second-order valence-electron chi connectivity index (χ2n) is 9.07. The van der Waals surface area contributed by atoms with Crippen molar-refractivity contribution >= 4 is 23.5 Å². The van der Waals surface area contributed by atoms with Gasteiger partial charge in [0.2, 0.25) is 5.91 Å². The van der Waals surface area contributed by atoms with Crippen molar-refractivity contribution in [3.05, 3.63) is 72.1 Å². The van der Waals surface area contributed by atoms with Crippen LogP contribution in [-0.4, -0.2) is 52.8 Å².